The van der Waals surface area contributed by atoms with Crippen LogP contribution in [0.5, 0.6) is 0 Å². The molecule has 2 aromatic heterocycles. The molecule has 0 radical (unpaired) electrons. The summed E-state index contributed by atoms with van der Waals surface area (Å²) >= 11 is 13.2. The Labute approximate surface area is 108 Å². The molecule has 2 aromatic rings. The van der Waals surface area contributed by atoms with Crippen LogP contribution in [-0.2, 0) is 6.42 Å². The number of anilines is 1. The summed E-state index contributed by atoms with van der Waals surface area (Å²) in [6.45, 7) is 0.824. The van der Waals surface area contributed by atoms with Crippen LogP contribution in [0.15, 0.2) is 30.3 Å². The first kappa shape index (κ1) is 11.7. The second-order valence-electron chi connectivity index (χ2n) is 3.23. The van der Waals surface area contributed by atoms with Crippen molar-refractivity contribution in [2.45, 2.75) is 6.42 Å². The van der Waals surface area contributed by atoms with Gasteiger partial charge in [-0.15, -0.1) is 11.3 Å². The Morgan fingerprint density at radius 2 is 2.06 bits per heavy atom. The van der Waals surface area contributed by atoms with Crippen molar-refractivity contribution in [1.82, 2.24) is 4.98 Å². The van der Waals surface area contributed by atoms with Gasteiger partial charge in [-0.2, -0.15) is 0 Å². The van der Waals surface area contributed by atoms with E-state index in [9.17, 15) is 0 Å². The van der Waals surface area contributed by atoms with Crippen LogP contribution < -0.4 is 5.32 Å². The fourth-order valence-electron chi connectivity index (χ4n) is 1.31. The summed E-state index contributed by atoms with van der Waals surface area (Å²) in [5, 5.41) is 3.72. The molecule has 0 saturated heterocycles. The molecule has 0 aromatic carbocycles. The minimum Gasteiger partial charge on any atom is -0.370 e. The first-order chi connectivity index (χ1) is 7.74. The van der Waals surface area contributed by atoms with Crippen LogP contribution in [0.2, 0.25) is 9.49 Å². The number of pyridine rings is 1. The molecule has 16 heavy (non-hydrogen) atoms. The molecule has 0 aliphatic carbocycles. The average Bonchev–Trinajstić information content (AvgIpc) is 2.64. The SMILES string of the molecule is Clc1cccc(NCCc2ccc(Cl)s2)n1. The van der Waals surface area contributed by atoms with Crippen molar-refractivity contribution >= 4 is 40.4 Å². The monoisotopic (exact) mass is 272 g/mol. The smallest absolute Gasteiger partial charge is 0.131 e. The number of nitrogens with zero attached hydrogens (tertiary/aromatic N) is 1. The zero-order chi connectivity index (χ0) is 11.4. The van der Waals surface area contributed by atoms with E-state index >= 15 is 0 Å². The number of nitrogens with one attached hydrogen (secondary N) is 1. The second kappa shape index (κ2) is 5.53. The predicted octanol–water partition coefficient (Wildman–Crippen LogP) is 4.10. The molecule has 0 spiro atoms. The Morgan fingerprint density at radius 1 is 1.19 bits per heavy atom. The molecule has 2 rings (SSSR count). The molecule has 2 heterocycles. The third-order valence-corrected chi connectivity index (χ3v) is 3.52. The van der Waals surface area contributed by atoms with Gasteiger partial charge in [-0.25, -0.2) is 4.98 Å². The number of thiophene rings is 1. The molecular weight excluding hydrogens is 263 g/mol. The van der Waals surface area contributed by atoms with Gasteiger partial charge in [0.2, 0.25) is 0 Å². The second-order valence-corrected chi connectivity index (χ2v) is 5.42. The summed E-state index contributed by atoms with van der Waals surface area (Å²) in [6.07, 6.45) is 0.936. The molecule has 0 fully saturated rings. The van der Waals surface area contributed by atoms with Gasteiger partial charge in [-0.05, 0) is 30.7 Å². The van der Waals surface area contributed by atoms with E-state index in [0.29, 0.717) is 5.15 Å². The molecule has 2 nitrogen and oxygen atoms in total. The van der Waals surface area contributed by atoms with Gasteiger partial charge in [0, 0.05) is 11.4 Å². The highest BCUT2D eigenvalue weighted by molar-refractivity contribution is 7.16. The van der Waals surface area contributed by atoms with Crippen molar-refractivity contribution in [3.63, 3.8) is 0 Å². The number of hydrogen-bond donors (Lipinski definition) is 1. The van der Waals surface area contributed by atoms with Crippen LogP contribution >= 0.6 is 34.5 Å². The van der Waals surface area contributed by atoms with Gasteiger partial charge in [0.1, 0.15) is 11.0 Å². The average molecular weight is 273 g/mol. The predicted molar refractivity (Wildman–Crippen MR) is 70.8 cm³/mol. The number of halogens is 2. The lowest BCUT2D eigenvalue weighted by molar-refractivity contribution is 1.03. The highest BCUT2D eigenvalue weighted by Gasteiger charge is 1.98. The van der Waals surface area contributed by atoms with Crippen molar-refractivity contribution < 1.29 is 0 Å². The Bertz CT molecular complexity index is 471. The first-order valence-corrected chi connectivity index (χ1v) is 6.42. The fourth-order valence-corrected chi connectivity index (χ4v) is 2.56. The maximum atomic E-state index is 5.85. The number of hydrogen-bond acceptors (Lipinski definition) is 3. The lowest BCUT2D eigenvalue weighted by Gasteiger charge is -2.04. The van der Waals surface area contributed by atoms with Crippen molar-refractivity contribution in [2.24, 2.45) is 0 Å². The Kier molecular flexibility index (Phi) is 4.04. The summed E-state index contributed by atoms with van der Waals surface area (Å²) in [4.78, 5) is 5.40. The van der Waals surface area contributed by atoms with E-state index in [2.05, 4.69) is 10.3 Å². The molecule has 0 aliphatic heterocycles. The summed E-state index contributed by atoms with van der Waals surface area (Å²) < 4.78 is 0.830. The molecule has 0 aliphatic rings. The Morgan fingerprint density at radius 3 is 2.75 bits per heavy atom. The lowest BCUT2D eigenvalue weighted by Crippen LogP contribution is -2.05. The van der Waals surface area contributed by atoms with E-state index in [1.54, 1.807) is 17.4 Å². The van der Waals surface area contributed by atoms with Crippen LogP contribution in [0, 0.1) is 0 Å². The van der Waals surface area contributed by atoms with Gasteiger partial charge in [0.15, 0.2) is 0 Å². The van der Waals surface area contributed by atoms with Gasteiger partial charge in [-0.3, -0.25) is 0 Å². The number of aromatic nitrogens is 1. The van der Waals surface area contributed by atoms with E-state index < -0.39 is 0 Å². The van der Waals surface area contributed by atoms with Gasteiger partial charge >= 0.3 is 0 Å². The van der Waals surface area contributed by atoms with E-state index in [1.807, 2.05) is 24.3 Å². The van der Waals surface area contributed by atoms with Crippen molar-refractivity contribution in [2.75, 3.05) is 11.9 Å². The van der Waals surface area contributed by atoms with E-state index in [4.69, 9.17) is 23.2 Å². The first-order valence-electron chi connectivity index (χ1n) is 4.85. The number of rotatable bonds is 4. The minimum atomic E-state index is 0.504. The third-order valence-electron chi connectivity index (χ3n) is 2.02. The van der Waals surface area contributed by atoms with E-state index in [1.165, 1.54) is 4.88 Å². The molecule has 0 amide bonds. The van der Waals surface area contributed by atoms with Crippen molar-refractivity contribution in [1.29, 1.82) is 0 Å². The molecule has 0 saturated carbocycles. The molecule has 84 valence electrons. The zero-order valence-corrected chi connectivity index (χ0v) is 10.7. The zero-order valence-electron chi connectivity index (χ0n) is 8.41. The quantitative estimate of drug-likeness (QED) is 0.848. The van der Waals surface area contributed by atoms with Crippen LogP contribution in [0.4, 0.5) is 5.82 Å². The molecule has 0 unspecified atom stereocenters. The minimum absolute atomic E-state index is 0.504. The lowest BCUT2D eigenvalue weighted by atomic mass is 10.3. The van der Waals surface area contributed by atoms with Crippen LogP contribution in [0.1, 0.15) is 4.88 Å². The maximum Gasteiger partial charge on any atom is 0.131 e. The molecule has 0 atom stereocenters. The van der Waals surface area contributed by atoms with Crippen LogP contribution in [-0.4, -0.2) is 11.5 Å². The summed E-state index contributed by atoms with van der Waals surface area (Å²) in [6, 6.07) is 9.48. The van der Waals surface area contributed by atoms with Crippen LogP contribution in [0.3, 0.4) is 0 Å². The molecule has 5 heteroatoms. The molecular formula is C11H10Cl2N2S. The Hall–Kier alpha value is -0.770. The highest BCUT2D eigenvalue weighted by Crippen LogP contribution is 2.21. The largest absolute Gasteiger partial charge is 0.370 e. The highest BCUT2D eigenvalue weighted by atomic mass is 35.5. The van der Waals surface area contributed by atoms with Gasteiger partial charge < -0.3 is 5.32 Å². The van der Waals surface area contributed by atoms with Crippen LogP contribution in [0.25, 0.3) is 0 Å². The topological polar surface area (TPSA) is 24.9 Å². The normalized spacial score (nSPS) is 10.4. The molecule has 1 N–H and O–H groups in total. The summed E-state index contributed by atoms with van der Waals surface area (Å²) in [7, 11) is 0. The third kappa shape index (κ3) is 3.37. The van der Waals surface area contributed by atoms with Gasteiger partial charge in [-0.1, -0.05) is 29.3 Å². The van der Waals surface area contributed by atoms with Crippen molar-refractivity contribution in [3.8, 4) is 0 Å². The standard InChI is InChI=1S/C11H10Cl2N2S/c12-9-2-1-3-11(15-9)14-7-6-8-4-5-10(13)16-8/h1-5H,6-7H2,(H,14,15). The molecule has 0 bridgehead atoms. The maximum absolute atomic E-state index is 5.85. The van der Waals surface area contributed by atoms with E-state index in [0.717, 1.165) is 23.1 Å². The Balaban J connectivity index is 1.84. The summed E-state index contributed by atoms with van der Waals surface area (Å²) in [5.74, 6) is 0.801. The van der Waals surface area contributed by atoms with Crippen molar-refractivity contribution in [3.05, 3.63) is 44.7 Å². The summed E-state index contributed by atoms with van der Waals surface area (Å²) in [5.41, 5.74) is 0. The van der Waals surface area contributed by atoms with Gasteiger partial charge in [0.05, 0.1) is 4.34 Å². The van der Waals surface area contributed by atoms with E-state index in [-0.39, 0.29) is 0 Å². The fraction of sp³-hybridized carbons (Fsp3) is 0.182. The van der Waals surface area contributed by atoms with Gasteiger partial charge in [0.25, 0.3) is 0 Å².